The Labute approximate surface area is 201 Å². The van der Waals surface area contributed by atoms with Crippen LogP contribution in [0.5, 0.6) is 11.8 Å². The Morgan fingerprint density at radius 3 is 2.49 bits per heavy atom. The molecule has 35 heavy (non-hydrogen) atoms. The van der Waals surface area contributed by atoms with Gasteiger partial charge in [0.25, 0.3) is 11.8 Å². The summed E-state index contributed by atoms with van der Waals surface area (Å²) < 4.78 is 14.3. The molecule has 5 aromatic heterocycles. The number of H-pyrrole nitrogens is 1. The molecular weight excluding hydrogens is 448 g/mol. The van der Waals surface area contributed by atoms with Crippen LogP contribution in [0.1, 0.15) is 12.5 Å². The van der Waals surface area contributed by atoms with Crippen LogP contribution >= 0.6 is 0 Å². The summed E-state index contributed by atoms with van der Waals surface area (Å²) in [5.74, 6) is 1.43. The zero-order valence-electron chi connectivity index (χ0n) is 20.1. The highest BCUT2D eigenvalue weighted by Crippen LogP contribution is 2.35. The van der Waals surface area contributed by atoms with Crippen molar-refractivity contribution in [1.82, 2.24) is 39.5 Å². The SMILES string of the molecule is CCOc1nn(C)cc1Nc1ccnc2c(-c3nc(Nc4cn(C)nc4OC)ncc3C)c[nH]c12. The van der Waals surface area contributed by atoms with E-state index in [2.05, 4.69) is 35.8 Å². The van der Waals surface area contributed by atoms with Crippen LogP contribution < -0.4 is 20.1 Å². The highest BCUT2D eigenvalue weighted by atomic mass is 16.5. The number of nitrogens with one attached hydrogen (secondary N) is 3. The van der Waals surface area contributed by atoms with E-state index in [1.807, 2.05) is 52.6 Å². The fraction of sp³-hybridized carbons (Fsp3) is 0.261. The molecule has 12 heteroatoms. The topological polar surface area (TPSA) is 133 Å². The number of methoxy groups -OCH3 is 1. The number of aromatic nitrogens is 8. The Morgan fingerprint density at radius 1 is 1.00 bits per heavy atom. The van der Waals surface area contributed by atoms with Gasteiger partial charge < -0.3 is 25.1 Å². The zero-order chi connectivity index (χ0) is 24.5. The van der Waals surface area contributed by atoms with Gasteiger partial charge in [-0.05, 0) is 25.5 Å². The van der Waals surface area contributed by atoms with Gasteiger partial charge in [-0.1, -0.05) is 0 Å². The average molecular weight is 475 g/mol. The van der Waals surface area contributed by atoms with E-state index in [4.69, 9.17) is 14.5 Å². The van der Waals surface area contributed by atoms with Crippen LogP contribution in [-0.4, -0.2) is 53.2 Å². The van der Waals surface area contributed by atoms with E-state index in [9.17, 15) is 0 Å². The van der Waals surface area contributed by atoms with Gasteiger partial charge in [0.15, 0.2) is 0 Å². The molecule has 5 aromatic rings. The molecule has 0 aliphatic carbocycles. The standard InChI is InChI=1S/C23H26N10O2/c1-6-35-22-17(12-33(4)31-22)27-15-7-8-24-19-14(10-25-20(15)19)18-13(2)9-26-23(29-18)28-16-11-32(3)30-21(16)34-5/h7-12,25H,6H2,1-5H3,(H,24,27)(H,26,28,29). The van der Waals surface area contributed by atoms with E-state index in [0.717, 1.165) is 39.2 Å². The van der Waals surface area contributed by atoms with Crippen LogP contribution in [0.4, 0.5) is 23.0 Å². The molecule has 0 radical (unpaired) electrons. The largest absolute Gasteiger partial charge is 0.478 e. The van der Waals surface area contributed by atoms with Crippen molar-refractivity contribution < 1.29 is 9.47 Å². The van der Waals surface area contributed by atoms with Gasteiger partial charge in [-0.25, -0.2) is 9.97 Å². The lowest BCUT2D eigenvalue weighted by Crippen LogP contribution is -2.00. The minimum Gasteiger partial charge on any atom is -0.478 e. The molecule has 180 valence electrons. The van der Waals surface area contributed by atoms with E-state index in [1.54, 1.807) is 28.9 Å². The number of ether oxygens (including phenoxy) is 2. The lowest BCUT2D eigenvalue weighted by atomic mass is 10.1. The highest BCUT2D eigenvalue weighted by Gasteiger charge is 2.17. The maximum absolute atomic E-state index is 5.65. The molecule has 0 aromatic carbocycles. The van der Waals surface area contributed by atoms with Crippen LogP contribution in [0.3, 0.4) is 0 Å². The Bertz CT molecular complexity index is 1500. The third-order valence-electron chi connectivity index (χ3n) is 5.37. The third-order valence-corrected chi connectivity index (χ3v) is 5.37. The summed E-state index contributed by atoms with van der Waals surface area (Å²) in [4.78, 5) is 17.2. The maximum Gasteiger partial charge on any atom is 0.256 e. The van der Waals surface area contributed by atoms with Gasteiger partial charge in [0, 0.05) is 38.2 Å². The molecule has 0 spiro atoms. The van der Waals surface area contributed by atoms with Crippen LogP contribution in [0.25, 0.3) is 22.3 Å². The molecule has 0 aliphatic rings. The molecule has 0 fully saturated rings. The van der Waals surface area contributed by atoms with Crippen molar-refractivity contribution in [2.45, 2.75) is 13.8 Å². The Hall–Kier alpha value is -4.61. The van der Waals surface area contributed by atoms with E-state index in [-0.39, 0.29) is 0 Å². The normalized spacial score (nSPS) is 11.1. The summed E-state index contributed by atoms with van der Waals surface area (Å²) in [6.07, 6.45) is 9.12. The molecular formula is C23H26N10O2. The predicted octanol–water partition coefficient (Wildman–Crippen LogP) is 3.69. The molecule has 0 unspecified atom stereocenters. The number of hydrogen-bond acceptors (Lipinski definition) is 9. The van der Waals surface area contributed by atoms with Crippen molar-refractivity contribution in [3.63, 3.8) is 0 Å². The third kappa shape index (κ3) is 4.21. The minimum absolute atomic E-state index is 0.428. The molecule has 12 nitrogen and oxygen atoms in total. The zero-order valence-corrected chi connectivity index (χ0v) is 20.1. The maximum atomic E-state index is 5.65. The van der Waals surface area contributed by atoms with Crippen molar-refractivity contribution in [3.05, 3.63) is 42.6 Å². The van der Waals surface area contributed by atoms with E-state index in [0.29, 0.717) is 30.0 Å². The van der Waals surface area contributed by atoms with Crippen LogP contribution in [0.2, 0.25) is 0 Å². The monoisotopic (exact) mass is 474 g/mol. The molecule has 5 heterocycles. The Morgan fingerprint density at radius 2 is 1.74 bits per heavy atom. The predicted molar refractivity (Wildman–Crippen MR) is 133 cm³/mol. The molecule has 0 amide bonds. The quantitative estimate of drug-likeness (QED) is 0.308. The number of aromatic amines is 1. The number of anilines is 4. The Kier molecular flexibility index (Phi) is 5.69. The summed E-state index contributed by atoms with van der Waals surface area (Å²) in [6, 6.07) is 1.90. The fourth-order valence-electron chi connectivity index (χ4n) is 3.85. The number of rotatable bonds is 8. The molecule has 0 aliphatic heterocycles. The second kappa shape index (κ2) is 8.97. The van der Waals surface area contributed by atoms with E-state index >= 15 is 0 Å². The highest BCUT2D eigenvalue weighted by molar-refractivity contribution is 5.99. The van der Waals surface area contributed by atoms with Crippen molar-refractivity contribution in [1.29, 1.82) is 0 Å². The molecule has 3 N–H and O–H groups in total. The van der Waals surface area contributed by atoms with Crippen molar-refractivity contribution in [2.24, 2.45) is 14.1 Å². The first-order chi connectivity index (χ1) is 17.0. The van der Waals surface area contributed by atoms with Crippen molar-refractivity contribution in [3.8, 4) is 23.0 Å². The number of pyridine rings is 1. The molecule has 0 atom stereocenters. The lowest BCUT2D eigenvalue weighted by molar-refractivity contribution is 0.324. The van der Waals surface area contributed by atoms with Crippen molar-refractivity contribution >= 4 is 34.0 Å². The first kappa shape index (κ1) is 22.2. The first-order valence-electron chi connectivity index (χ1n) is 11.0. The van der Waals surface area contributed by atoms with Gasteiger partial charge in [0.1, 0.15) is 11.4 Å². The van der Waals surface area contributed by atoms with Crippen molar-refractivity contribution in [2.75, 3.05) is 24.4 Å². The number of fused-ring (bicyclic) bond motifs is 1. The summed E-state index contributed by atoms with van der Waals surface area (Å²) in [7, 11) is 5.25. The summed E-state index contributed by atoms with van der Waals surface area (Å²) >= 11 is 0. The Balaban J connectivity index is 1.51. The summed E-state index contributed by atoms with van der Waals surface area (Å²) in [5, 5.41) is 15.2. The van der Waals surface area contributed by atoms with Gasteiger partial charge in [-0.15, -0.1) is 10.2 Å². The lowest BCUT2D eigenvalue weighted by Gasteiger charge is -2.09. The average Bonchev–Trinajstić information content (AvgIpc) is 3.52. The van der Waals surface area contributed by atoms with E-state index < -0.39 is 0 Å². The van der Waals surface area contributed by atoms with Gasteiger partial charge >= 0.3 is 0 Å². The molecule has 0 bridgehead atoms. The number of aryl methyl sites for hydroxylation is 3. The molecule has 0 saturated heterocycles. The van der Waals surface area contributed by atoms with Crippen LogP contribution in [0, 0.1) is 6.92 Å². The second-order valence-electron chi connectivity index (χ2n) is 7.94. The summed E-state index contributed by atoms with van der Waals surface area (Å²) in [5.41, 5.74) is 6.46. The van der Waals surface area contributed by atoms with Crippen LogP contribution in [-0.2, 0) is 14.1 Å². The second-order valence-corrected chi connectivity index (χ2v) is 7.94. The molecule has 0 saturated carbocycles. The fourth-order valence-corrected chi connectivity index (χ4v) is 3.85. The molecule has 5 rings (SSSR count). The number of nitrogens with zero attached hydrogens (tertiary/aromatic N) is 7. The number of hydrogen-bond donors (Lipinski definition) is 3. The van der Waals surface area contributed by atoms with Gasteiger partial charge in [0.05, 0.1) is 48.5 Å². The van der Waals surface area contributed by atoms with E-state index in [1.165, 1.54) is 0 Å². The van der Waals surface area contributed by atoms with Crippen LogP contribution in [0.15, 0.2) is 37.1 Å². The minimum atomic E-state index is 0.428. The van der Waals surface area contributed by atoms with Gasteiger partial charge in [-0.2, -0.15) is 0 Å². The summed E-state index contributed by atoms with van der Waals surface area (Å²) in [6.45, 7) is 4.42. The smallest absolute Gasteiger partial charge is 0.256 e. The van der Waals surface area contributed by atoms with Gasteiger partial charge in [0.2, 0.25) is 5.95 Å². The first-order valence-corrected chi connectivity index (χ1v) is 11.0. The van der Waals surface area contributed by atoms with Gasteiger partial charge in [-0.3, -0.25) is 14.3 Å².